The van der Waals surface area contributed by atoms with Crippen molar-refractivity contribution < 1.29 is 4.74 Å². The minimum atomic E-state index is 0.841. The Morgan fingerprint density at radius 2 is 2.25 bits per heavy atom. The van der Waals surface area contributed by atoms with Crippen molar-refractivity contribution in [3.8, 4) is 0 Å². The number of aliphatic imine (C=N–C) groups is 1. The number of nitrogens with zero attached hydrogens (tertiary/aromatic N) is 2. The van der Waals surface area contributed by atoms with Gasteiger partial charge in [0.2, 0.25) is 0 Å². The van der Waals surface area contributed by atoms with E-state index >= 15 is 0 Å². The van der Waals surface area contributed by atoms with E-state index in [4.69, 9.17) is 10.1 Å². The molecule has 0 aromatic carbocycles. The maximum absolute atomic E-state index is 6.54. The predicted molar refractivity (Wildman–Crippen MR) is 46.3 cm³/mol. The monoisotopic (exact) mass is 168 g/mol. The zero-order valence-electron chi connectivity index (χ0n) is 7.12. The van der Waals surface area contributed by atoms with E-state index in [1.165, 1.54) is 0 Å². The van der Waals surface area contributed by atoms with Crippen LogP contribution in [-0.4, -0.2) is 43.8 Å². The number of ether oxygens (including phenoxy) is 1. The first-order valence-corrected chi connectivity index (χ1v) is 4.17. The van der Waals surface area contributed by atoms with Crippen LogP contribution in [0.1, 0.15) is 6.42 Å². The quantitative estimate of drug-likeness (QED) is 0.494. The van der Waals surface area contributed by atoms with Crippen molar-refractivity contribution in [1.29, 1.82) is 5.41 Å². The van der Waals surface area contributed by atoms with Gasteiger partial charge in [0.15, 0.2) is 0 Å². The molecule has 0 aromatic heterocycles. The van der Waals surface area contributed by atoms with Gasteiger partial charge < -0.3 is 4.74 Å². The summed E-state index contributed by atoms with van der Waals surface area (Å²) in [6.07, 6.45) is 0.895. The molecule has 1 rings (SSSR count). The number of morpholine rings is 1. The van der Waals surface area contributed by atoms with Gasteiger partial charge in [-0.1, -0.05) is 0 Å². The molecule has 0 aliphatic carbocycles. The Bertz CT molecular complexity index is 160. The van der Waals surface area contributed by atoms with Crippen LogP contribution in [0.25, 0.3) is 0 Å². The maximum atomic E-state index is 6.54. The van der Waals surface area contributed by atoms with E-state index in [2.05, 4.69) is 9.89 Å². The van der Waals surface area contributed by atoms with Crippen molar-refractivity contribution >= 4 is 6.01 Å². The summed E-state index contributed by atoms with van der Waals surface area (Å²) in [7, 11) is 0. The maximum Gasteiger partial charge on any atom is 0.0865 e. The Morgan fingerprint density at radius 1 is 1.50 bits per heavy atom. The summed E-state index contributed by atoms with van der Waals surface area (Å²) in [4.78, 5) is 5.92. The molecule has 0 bridgehead atoms. The number of rotatable bonds is 4. The third-order valence-electron chi connectivity index (χ3n) is 1.83. The average molecular weight is 168 g/mol. The molecule has 0 aromatic rings. The Labute approximate surface area is 72.7 Å². The number of nitrogens with one attached hydrogen (secondary N) is 1. The van der Waals surface area contributed by atoms with Crippen LogP contribution in [0, 0.1) is 12.0 Å². The second kappa shape index (κ2) is 5.89. The van der Waals surface area contributed by atoms with E-state index in [1.807, 2.05) is 6.01 Å². The minimum absolute atomic E-state index is 0.841. The van der Waals surface area contributed by atoms with Crippen molar-refractivity contribution in [1.82, 2.24) is 4.90 Å². The second-order valence-electron chi connectivity index (χ2n) is 2.67. The second-order valence-corrected chi connectivity index (χ2v) is 2.67. The van der Waals surface area contributed by atoms with Gasteiger partial charge in [0.05, 0.1) is 25.8 Å². The Hall–Kier alpha value is -0.700. The first-order valence-electron chi connectivity index (χ1n) is 4.17. The van der Waals surface area contributed by atoms with Gasteiger partial charge in [0.1, 0.15) is 0 Å². The van der Waals surface area contributed by atoms with Crippen molar-refractivity contribution in [2.24, 2.45) is 4.99 Å². The van der Waals surface area contributed by atoms with Crippen LogP contribution in [0.15, 0.2) is 4.99 Å². The van der Waals surface area contributed by atoms with Gasteiger partial charge in [-0.25, -0.2) is 10.4 Å². The minimum Gasteiger partial charge on any atom is -0.379 e. The van der Waals surface area contributed by atoms with Crippen molar-refractivity contribution in [2.75, 3.05) is 32.8 Å². The summed E-state index contributed by atoms with van der Waals surface area (Å²) in [5, 5.41) is 6.54. The molecule has 1 radical (unpaired) electrons. The van der Waals surface area contributed by atoms with E-state index < -0.39 is 0 Å². The zero-order valence-corrected chi connectivity index (χ0v) is 7.12. The lowest BCUT2D eigenvalue weighted by molar-refractivity contribution is 0.0383. The molecule has 1 aliphatic heterocycles. The highest BCUT2D eigenvalue weighted by atomic mass is 16.5. The average Bonchev–Trinajstić information content (AvgIpc) is 2.14. The van der Waals surface area contributed by atoms with E-state index in [0.29, 0.717) is 0 Å². The third kappa shape index (κ3) is 3.62. The van der Waals surface area contributed by atoms with Gasteiger partial charge in [-0.2, -0.15) is 0 Å². The largest absolute Gasteiger partial charge is 0.379 e. The fourth-order valence-electron chi connectivity index (χ4n) is 1.18. The molecule has 12 heavy (non-hydrogen) atoms. The summed E-state index contributed by atoms with van der Waals surface area (Å²) in [5.41, 5.74) is 0. The lowest BCUT2D eigenvalue weighted by Crippen LogP contribution is -2.36. The van der Waals surface area contributed by atoms with E-state index in [1.54, 1.807) is 6.54 Å². The fraction of sp³-hybridized carbons (Fsp3) is 0.750. The third-order valence-corrected chi connectivity index (χ3v) is 1.83. The molecule has 0 unspecified atom stereocenters. The van der Waals surface area contributed by atoms with Gasteiger partial charge in [-0.05, 0) is 6.42 Å². The summed E-state index contributed by atoms with van der Waals surface area (Å²) in [5.74, 6) is 0. The number of hydrogen-bond acceptors (Lipinski definition) is 4. The summed E-state index contributed by atoms with van der Waals surface area (Å²) >= 11 is 0. The van der Waals surface area contributed by atoms with Gasteiger partial charge in [-0.3, -0.25) is 4.90 Å². The molecule has 4 nitrogen and oxygen atoms in total. The van der Waals surface area contributed by atoms with Crippen LogP contribution in [0.3, 0.4) is 0 Å². The first-order chi connectivity index (χ1) is 5.93. The van der Waals surface area contributed by atoms with Crippen LogP contribution >= 0.6 is 0 Å². The molecule has 1 N–H and O–H groups in total. The molecule has 0 saturated carbocycles. The van der Waals surface area contributed by atoms with Crippen LogP contribution in [0.5, 0.6) is 0 Å². The molecule has 0 spiro atoms. The molecule has 1 heterocycles. The highest BCUT2D eigenvalue weighted by Crippen LogP contribution is 1.99. The number of hydrogen-bond donors (Lipinski definition) is 1. The van der Waals surface area contributed by atoms with Gasteiger partial charge in [0.25, 0.3) is 0 Å². The van der Waals surface area contributed by atoms with Crippen LogP contribution in [0.4, 0.5) is 0 Å². The zero-order chi connectivity index (χ0) is 8.65. The molecule has 1 aliphatic rings. The van der Waals surface area contributed by atoms with Crippen molar-refractivity contribution in [3.63, 3.8) is 0 Å². The molecule has 67 valence electrons. The van der Waals surface area contributed by atoms with Crippen LogP contribution in [-0.2, 0) is 4.74 Å². The van der Waals surface area contributed by atoms with Gasteiger partial charge in [-0.15, -0.1) is 0 Å². The Balaban J connectivity index is 2.01. The van der Waals surface area contributed by atoms with Crippen LogP contribution < -0.4 is 0 Å². The summed E-state index contributed by atoms with van der Waals surface area (Å²) < 4.78 is 5.21. The Kier molecular flexibility index (Phi) is 4.61. The lowest BCUT2D eigenvalue weighted by atomic mass is 10.3. The van der Waals surface area contributed by atoms with Crippen molar-refractivity contribution in [2.45, 2.75) is 6.42 Å². The first kappa shape index (κ1) is 9.39. The van der Waals surface area contributed by atoms with Gasteiger partial charge >= 0.3 is 0 Å². The topological polar surface area (TPSA) is 48.7 Å². The van der Waals surface area contributed by atoms with E-state index in [9.17, 15) is 0 Å². The lowest BCUT2D eigenvalue weighted by Gasteiger charge is -2.25. The SMILES string of the molecule is N=C=N[CH]CCN1CCOCC1. The molecule has 0 atom stereocenters. The molecular formula is C8H14N3O. The summed E-state index contributed by atoms with van der Waals surface area (Å²) in [6.45, 7) is 6.45. The molecule has 1 fully saturated rings. The standard InChI is InChI=1S/C8H14N3O/c9-8-10-2-1-3-11-4-6-12-7-5-11/h2,9H,1,3-7H2. The Morgan fingerprint density at radius 3 is 2.92 bits per heavy atom. The highest BCUT2D eigenvalue weighted by Gasteiger charge is 2.08. The van der Waals surface area contributed by atoms with Crippen LogP contribution in [0.2, 0.25) is 0 Å². The van der Waals surface area contributed by atoms with Crippen molar-refractivity contribution in [3.05, 3.63) is 6.54 Å². The molecule has 4 heteroatoms. The molecule has 1 saturated heterocycles. The normalized spacial score (nSPS) is 18.7. The predicted octanol–water partition coefficient (Wildman–Crippen LogP) is 0.623. The smallest absolute Gasteiger partial charge is 0.0865 e. The van der Waals surface area contributed by atoms with Gasteiger partial charge in [0, 0.05) is 19.6 Å². The molecular weight excluding hydrogens is 154 g/mol. The van der Waals surface area contributed by atoms with E-state index in [-0.39, 0.29) is 0 Å². The summed E-state index contributed by atoms with van der Waals surface area (Å²) in [6, 6.07) is 1.98. The molecule has 0 amide bonds. The van der Waals surface area contributed by atoms with E-state index in [0.717, 1.165) is 39.3 Å². The highest BCUT2D eigenvalue weighted by molar-refractivity contribution is 5.36. The fourth-order valence-corrected chi connectivity index (χ4v) is 1.18.